The van der Waals surface area contributed by atoms with Crippen LogP contribution in [-0.4, -0.2) is 21.8 Å². The van der Waals surface area contributed by atoms with Gasteiger partial charge in [-0.05, 0) is 26.0 Å². The molecule has 0 spiro atoms. The Kier molecular flexibility index (Phi) is 2.60. The molecule has 1 aliphatic heterocycles. The summed E-state index contributed by atoms with van der Waals surface area (Å²) in [5.41, 5.74) is 4.58. The van der Waals surface area contributed by atoms with E-state index in [0.29, 0.717) is 16.3 Å². The van der Waals surface area contributed by atoms with Crippen molar-refractivity contribution in [2.45, 2.75) is 13.8 Å². The van der Waals surface area contributed by atoms with Crippen molar-refractivity contribution in [3.8, 4) is 0 Å². The van der Waals surface area contributed by atoms with Crippen molar-refractivity contribution in [2.24, 2.45) is 0 Å². The number of benzene rings is 1. The normalized spacial score (nSPS) is 15.8. The molecule has 0 saturated carbocycles. The van der Waals surface area contributed by atoms with Crippen molar-refractivity contribution in [2.75, 3.05) is 5.43 Å². The molecule has 19 heavy (non-hydrogen) atoms. The fourth-order valence-electron chi connectivity index (χ4n) is 1.87. The van der Waals surface area contributed by atoms with Gasteiger partial charge in [-0.25, -0.2) is 4.98 Å². The minimum Gasteiger partial charge on any atom is -0.267 e. The molecule has 6 heteroatoms. The maximum absolute atomic E-state index is 11.9. The van der Waals surface area contributed by atoms with Crippen LogP contribution in [0.4, 0.5) is 5.13 Å². The van der Waals surface area contributed by atoms with Gasteiger partial charge >= 0.3 is 0 Å². The first-order chi connectivity index (χ1) is 9.08. The number of nitrogens with one attached hydrogen (secondary N) is 1. The van der Waals surface area contributed by atoms with Gasteiger partial charge < -0.3 is 0 Å². The molecule has 2 amide bonds. The van der Waals surface area contributed by atoms with Crippen LogP contribution in [0, 0.1) is 0 Å². The van der Waals surface area contributed by atoms with Crippen LogP contribution in [0.5, 0.6) is 0 Å². The first-order valence-corrected chi connectivity index (χ1v) is 6.58. The Hall–Kier alpha value is -2.21. The number of fused-ring (bicyclic) bond motifs is 1. The second-order valence-electron chi connectivity index (χ2n) is 4.29. The molecule has 1 aromatic carbocycles. The smallest absolute Gasteiger partial charge is 0.267 e. The predicted molar refractivity (Wildman–Crippen MR) is 73.5 cm³/mol. The van der Waals surface area contributed by atoms with Crippen LogP contribution >= 0.6 is 11.3 Å². The van der Waals surface area contributed by atoms with Crippen molar-refractivity contribution >= 4 is 38.5 Å². The monoisotopic (exact) mass is 273 g/mol. The van der Waals surface area contributed by atoms with E-state index >= 15 is 0 Å². The molecule has 0 aliphatic carbocycles. The third-order valence-electron chi connectivity index (χ3n) is 3.11. The number of anilines is 1. The zero-order chi connectivity index (χ0) is 13.6. The van der Waals surface area contributed by atoms with Crippen LogP contribution < -0.4 is 5.43 Å². The summed E-state index contributed by atoms with van der Waals surface area (Å²) in [6.07, 6.45) is 0. The van der Waals surface area contributed by atoms with Gasteiger partial charge in [0.1, 0.15) is 0 Å². The highest BCUT2D eigenvalue weighted by Crippen LogP contribution is 2.27. The fourth-order valence-corrected chi connectivity index (χ4v) is 2.72. The van der Waals surface area contributed by atoms with E-state index < -0.39 is 0 Å². The lowest BCUT2D eigenvalue weighted by atomic mass is 10.2. The summed E-state index contributed by atoms with van der Waals surface area (Å²) in [6.45, 7) is 3.30. The molecule has 1 N–H and O–H groups in total. The van der Waals surface area contributed by atoms with Gasteiger partial charge in [0.2, 0.25) is 5.13 Å². The molecule has 2 aromatic rings. The van der Waals surface area contributed by atoms with Crippen molar-refractivity contribution < 1.29 is 9.59 Å². The number of hydrogen-bond donors (Lipinski definition) is 1. The lowest BCUT2D eigenvalue weighted by molar-refractivity contribution is -0.135. The van der Waals surface area contributed by atoms with E-state index in [0.717, 1.165) is 15.2 Å². The lowest BCUT2D eigenvalue weighted by Gasteiger charge is -2.14. The Bertz CT molecular complexity index is 675. The Morgan fingerprint density at radius 2 is 1.74 bits per heavy atom. The van der Waals surface area contributed by atoms with Crippen LogP contribution in [0.2, 0.25) is 0 Å². The summed E-state index contributed by atoms with van der Waals surface area (Å²) in [5, 5.41) is 1.55. The highest BCUT2D eigenvalue weighted by Gasteiger charge is 2.34. The number of rotatable bonds is 2. The van der Waals surface area contributed by atoms with Crippen molar-refractivity contribution in [1.82, 2.24) is 9.99 Å². The molecular formula is C13H11N3O2S. The second kappa shape index (κ2) is 4.17. The highest BCUT2D eigenvalue weighted by atomic mass is 32.1. The van der Waals surface area contributed by atoms with E-state index in [1.54, 1.807) is 13.8 Å². The molecule has 0 saturated heterocycles. The van der Waals surface area contributed by atoms with Gasteiger partial charge in [0.05, 0.1) is 10.2 Å². The number of para-hydroxylation sites is 1. The number of carbonyl (C=O) groups excluding carboxylic acids is 2. The topological polar surface area (TPSA) is 62.3 Å². The Morgan fingerprint density at radius 1 is 1.11 bits per heavy atom. The third kappa shape index (κ3) is 1.80. The summed E-state index contributed by atoms with van der Waals surface area (Å²) >= 11 is 1.40. The molecular weight excluding hydrogens is 262 g/mol. The third-order valence-corrected chi connectivity index (χ3v) is 4.05. The largest absolute Gasteiger partial charge is 0.275 e. The molecule has 3 rings (SSSR count). The minimum atomic E-state index is -0.318. The number of amides is 2. The number of hydrogen-bond acceptors (Lipinski definition) is 5. The van der Waals surface area contributed by atoms with Gasteiger partial charge in [-0.15, -0.1) is 0 Å². The highest BCUT2D eigenvalue weighted by molar-refractivity contribution is 7.22. The maximum Gasteiger partial charge on any atom is 0.275 e. The quantitative estimate of drug-likeness (QED) is 0.853. The van der Waals surface area contributed by atoms with Crippen LogP contribution in [0.3, 0.4) is 0 Å². The summed E-state index contributed by atoms with van der Waals surface area (Å²) in [5.74, 6) is -0.636. The molecule has 0 radical (unpaired) electrons. The van der Waals surface area contributed by atoms with Crippen LogP contribution in [-0.2, 0) is 9.59 Å². The average molecular weight is 273 g/mol. The number of aromatic nitrogens is 1. The van der Waals surface area contributed by atoms with Gasteiger partial charge in [-0.3, -0.25) is 15.0 Å². The first-order valence-electron chi connectivity index (χ1n) is 5.76. The molecule has 1 aliphatic rings. The van der Waals surface area contributed by atoms with Gasteiger partial charge in [0, 0.05) is 11.1 Å². The van der Waals surface area contributed by atoms with E-state index in [4.69, 9.17) is 0 Å². The van der Waals surface area contributed by atoms with E-state index in [1.807, 2.05) is 24.3 Å². The molecule has 1 aromatic heterocycles. The summed E-state index contributed by atoms with van der Waals surface area (Å²) < 4.78 is 1.01. The summed E-state index contributed by atoms with van der Waals surface area (Å²) in [4.78, 5) is 28.2. The fraction of sp³-hybridized carbons (Fsp3) is 0.154. The molecule has 2 heterocycles. The number of imide groups is 1. The van der Waals surface area contributed by atoms with Gasteiger partial charge in [0.25, 0.3) is 11.8 Å². The molecule has 0 fully saturated rings. The number of nitrogens with zero attached hydrogens (tertiary/aromatic N) is 2. The van der Waals surface area contributed by atoms with Crippen LogP contribution in [0.25, 0.3) is 10.2 Å². The lowest BCUT2D eigenvalue weighted by Crippen LogP contribution is -2.36. The average Bonchev–Trinajstić information content (AvgIpc) is 2.90. The van der Waals surface area contributed by atoms with Gasteiger partial charge in [-0.2, -0.15) is 5.01 Å². The van der Waals surface area contributed by atoms with E-state index in [2.05, 4.69) is 10.4 Å². The molecule has 0 unspecified atom stereocenters. The van der Waals surface area contributed by atoms with Crippen molar-refractivity contribution in [1.29, 1.82) is 0 Å². The Labute approximate surface area is 113 Å². The SMILES string of the molecule is CC1=C(C)C(=O)N(Nc2nc3ccccc3s2)C1=O. The van der Waals surface area contributed by atoms with Crippen molar-refractivity contribution in [3.05, 3.63) is 35.4 Å². The van der Waals surface area contributed by atoms with E-state index in [9.17, 15) is 9.59 Å². The van der Waals surface area contributed by atoms with E-state index in [-0.39, 0.29) is 11.8 Å². The molecule has 5 nitrogen and oxygen atoms in total. The summed E-state index contributed by atoms with van der Waals surface area (Å²) in [6, 6.07) is 7.65. The van der Waals surface area contributed by atoms with Crippen LogP contribution in [0.15, 0.2) is 35.4 Å². The molecule has 96 valence electrons. The Morgan fingerprint density at radius 3 is 2.37 bits per heavy atom. The second-order valence-corrected chi connectivity index (χ2v) is 5.32. The first kappa shape index (κ1) is 11.9. The zero-order valence-corrected chi connectivity index (χ0v) is 11.2. The minimum absolute atomic E-state index is 0.318. The Balaban J connectivity index is 1.90. The standard InChI is InChI=1S/C13H11N3O2S/c1-7-8(2)12(18)16(11(7)17)15-13-14-9-5-3-4-6-10(9)19-13/h3-6H,1-2H3,(H,14,15). The summed E-state index contributed by atoms with van der Waals surface area (Å²) in [7, 11) is 0. The number of hydrazine groups is 1. The van der Waals surface area contributed by atoms with E-state index in [1.165, 1.54) is 11.3 Å². The molecule has 0 bridgehead atoms. The van der Waals surface area contributed by atoms with Crippen molar-refractivity contribution in [3.63, 3.8) is 0 Å². The number of carbonyl (C=O) groups is 2. The van der Waals surface area contributed by atoms with Crippen LogP contribution in [0.1, 0.15) is 13.8 Å². The zero-order valence-electron chi connectivity index (χ0n) is 10.4. The predicted octanol–water partition coefficient (Wildman–Crippen LogP) is 2.33. The van der Waals surface area contributed by atoms with Gasteiger partial charge in [0.15, 0.2) is 0 Å². The molecule has 0 atom stereocenters. The van der Waals surface area contributed by atoms with Gasteiger partial charge in [-0.1, -0.05) is 23.5 Å². The maximum atomic E-state index is 11.9. The number of thiazole rings is 1.